The molecule has 1 amide bonds. The maximum Gasteiger partial charge on any atom is 0.257 e. The average molecular weight is 336 g/mol. The number of carbonyl (C=O) groups excluding carboxylic acids is 1. The molecule has 0 spiro atoms. The molecule has 1 atom stereocenters. The number of halogens is 1. The van der Waals surface area contributed by atoms with Crippen LogP contribution < -0.4 is 10.9 Å². The van der Waals surface area contributed by atoms with Crippen LogP contribution in [-0.2, 0) is 4.79 Å². The SMILES string of the molecule is CCSc1nc2c(c(=O)[nH]1)[C@H](c1cccc(Cl)c1)CC(=O)N2. The molecule has 0 fully saturated rings. The Bertz CT molecular complexity index is 791. The topological polar surface area (TPSA) is 74.8 Å². The fourth-order valence-corrected chi connectivity index (χ4v) is 3.36. The average Bonchev–Trinajstić information content (AvgIpc) is 2.46. The van der Waals surface area contributed by atoms with Crippen LogP contribution in [0.2, 0.25) is 5.02 Å². The molecule has 0 unspecified atom stereocenters. The smallest absolute Gasteiger partial charge is 0.257 e. The van der Waals surface area contributed by atoms with Crippen molar-refractivity contribution in [3.63, 3.8) is 0 Å². The number of carbonyl (C=O) groups is 1. The fraction of sp³-hybridized carbons (Fsp3) is 0.267. The van der Waals surface area contributed by atoms with Gasteiger partial charge < -0.3 is 10.3 Å². The number of nitrogens with zero attached hydrogens (tertiary/aromatic N) is 1. The summed E-state index contributed by atoms with van der Waals surface area (Å²) in [6.45, 7) is 1.97. The van der Waals surface area contributed by atoms with Crippen LogP contribution >= 0.6 is 23.4 Å². The third-order valence-corrected chi connectivity index (χ3v) is 4.45. The zero-order valence-electron chi connectivity index (χ0n) is 11.9. The molecule has 2 heterocycles. The van der Waals surface area contributed by atoms with E-state index in [-0.39, 0.29) is 23.8 Å². The lowest BCUT2D eigenvalue weighted by molar-refractivity contribution is -0.116. The Balaban J connectivity index is 2.13. The van der Waals surface area contributed by atoms with Crippen molar-refractivity contribution in [3.05, 3.63) is 50.8 Å². The Hall–Kier alpha value is -1.79. The van der Waals surface area contributed by atoms with Gasteiger partial charge in [-0.3, -0.25) is 9.59 Å². The van der Waals surface area contributed by atoms with Crippen molar-refractivity contribution in [2.75, 3.05) is 11.1 Å². The minimum Gasteiger partial charge on any atom is -0.310 e. The lowest BCUT2D eigenvalue weighted by Gasteiger charge is -2.24. The number of anilines is 1. The molecule has 3 rings (SSSR count). The van der Waals surface area contributed by atoms with Gasteiger partial charge in [0.1, 0.15) is 5.82 Å². The van der Waals surface area contributed by atoms with E-state index in [0.29, 0.717) is 21.6 Å². The van der Waals surface area contributed by atoms with E-state index in [1.165, 1.54) is 11.8 Å². The molecule has 0 radical (unpaired) electrons. The molecule has 2 N–H and O–H groups in total. The highest BCUT2D eigenvalue weighted by atomic mass is 35.5. The van der Waals surface area contributed by atoms with Crippen LogP contribution in [0.15, 0.2) is 34.2 Å². The molecule has 0 aliphatic carbocycles. The Kier molecular flexibility index (Phi) is 4.22. The lowest BCUT2D eigenvalue weighted by atomic mass is 9.87. The van der Waals surface area contributed by atoms with Crippen molar-refractivity contribution < 1.29 is 4.79 Å². The minimum atomic E-state index is -0.334. The van der Waals surface area contributed by atoms with Gasteiger partial charge in [-0.15, -0.1) is 0 Å². The van der Waals surface area contributed by atoms with Gasteiger partial charge in [0, 0.05) is 17.4 Å². The van der Waals surface area contributed by atoms with E-state index in [1.54, 1.807) is 12.1 Å². The number of benzene rings is 1. The quantitative estimate of drug-likeness (QED) is 0.668. The standard InChI is InChI=1S/C15H14ClN3O2S/c1-2-22-15-18-13-12(14(21)19-15)10(7-11(20)17-13)8-4-3-5-9(16)6-8/h3-6,10H,2,7H2,1H3,(H2,17,18,19,20,21)/t10-/m0/s1. The van der Waals surface area contributed by atoms with Crippen LogP contribution in [0.5, 0.6) is 0 Å². The summed E-state index contributed by atoms with van der Waals surface area (Å²) in [6, 6.07) is 7.22. The number of thioether (sulfide) groups is 1. The molecule has 0 saturated heterocycles. The van der Waals surface area contributed by atoms with Gasteiger partial charge in [0.05, 0.1) is 5.56 Å². The number of aromatic nitrogens is 2. The Morgan fingerprint density at radius 1 is 1.41 bits per heavy atom. The van der Waals surface area contributed by atoms with Crippen LogP contribution in [0.1, 0.15) is 30.4 Å². The molecule has 0 saturated carbocycles. The summed E-state index contributed by atoms with van der Waals surface area (Å²) in [7, 11) is 0. The normalized spacial score (nSPS) is 17.0. The fourth-order valence-electron chi connectivity index (χ4n) is 2.56. The molecular formula is C15H14ClN3O2S. The number of fused-ring (bicyclic) bond motifs is 1. The van der Waals surface area contributed by atoms with Crippen LogP contribution in [0.25, 0.3) is 0 Å². The van der Waals surface area contributed by atoms with Gasteiger partial charge in [0.2, 0.25) is 5.91 Å². The number of hydrogen-bond acceptors (Lipinski definition) is 4. The summed E-state index contributed by atoms with van der Waals surface area (Å²) in [5.41, 5.74) is 1.11. The van der Waals surface area contributed by atoms with E-state index in [1.807, 2.05) is 19.1 Å². The second-order valence-corrected chi connectivity index (χ2v) is 6.62. The zero-order chi connectivity index (χ0) is 15.7. The molecule has 1 aromatic heterocycles. The van der Waals surface area contributed by atoms with Gasteiger partial charge in [-0.25, -0.2) is 4.98 Å². The summed E-state index contributed by atoms with van der Waals surface area (Å²) >= 11 is 7.45. The lowest BCUT2D eigenvalue weighted by Crippen LogP contribution is -2.31. The predicted molar refractivity (Wildman–Crippen MR) is 87.8 cm³/mol. The van der Waals surface area contributed by atoms with Gasteiger partial charge in [-0.2, -0.15) is 0 Å². The van der Waals surface area contributed by atoms with Gasteiger partial charge in [0.25, 0.3) is 5.56 Å². The molecule has 1 aliphatic rings. The first-order valence-corrected chi connectivity index (χ1v) is 8.27. The van der Waals surface area contributed by atoms with Crippen LogP contribution in [0.3, 0.4) is 0 Å². The van der Waals surface area contributed by atoms with Gasteiger partial charge in [-0.1, -0.05) is 42.4 Å². The third kappa shape index (κ3) is 2.89. The van der Waals surface area contributed by atoms with Crippen molar-refractivity contribution >= 4 is 35.1 Å². The Morgan fingerprint density at radius 3 is 2.95 bits per heavy atom. The van der Waals surface area contributed by atoms with Gasteiger partial charge >= 0.3 is 0 Å². The number of H-pyrrole nitrogens is 1. The summed E-state index contributed by atoms with van der Waals surface area (Å²) < 4.78 is 0. The van der Waals surface area contributed by atoms with Crippen molar-refractivity contribution in [1.29, 1.82) is 0 Å². The maximum absolute atomic E-state index is 12.4. The van der Waals surface area contributed by atoms with E-state index < -0.39 is 0 Å². The minimum absolute atomic E-state index is 0.150. The highest BCUT2D eigenvalue weighted by molar-refractivity contribution is 7.99. The first-order valence-electron chi connectivity index (χ1n) is 6.90. The van der Waals surface area contributed by atoms with E-state index in [4.69, 9.17) is 11.6 Å². The number of aromatic amines is 1. The number of hydrogen-bond donors (Lipinski definition) is 2. The molecule has 114 valence electrons. The van der Waals surface area contributed by atoms with Crippen molar-refractivity contribution in [2.24, 2.45) is 0 Å². The summed E-state index contributed by atoms with van der Waals surface area (Å²) in [4.78, 5) is 31.5. The third-order valence-electron chi connectivity index (χ3n) is 3.46. The molecule has 0 bridgehead atoms. The monoisotopic (exact) mass is 335 g/mol. The summed E-state index contributed by atoms with van der Waals surface area (Å²) in [5.74, 6) is 0.649. The second-order valence-electron chi connectivity index (χ2n) is 4.93. The predicted octanol–water partition coefficient (Wildman–Crippen LogP) is 3.01. The summed E-state index contributed by atoms with van der Waals surface area (Å²) in [5, 5.41) is 3.79. The van der Waals surface area contributed by atoms with Crippen molar-refractivity contribution in [2.45, 2.75) is 24.4 Å². The first kappa shape index (κ1) is 15.1. The maximum atomic E-state index is 12.4. The number of rotatable bonds is 3. The highest BCUT2D eigenvalue weighted by Crippen LogP contribution is 2.35. The van der Waals surface area contributed by atoms with Crippen LogP contribution in [0.4, 0.5) is 5.82 Å². The molecule has 5 nitrogen and oxygen atoms in total. The Morgan fingerprint density at radius 2 is 2.23 bits per heavy atom. The first-order chi connectivity index (χ1) is 10.6. The van der Waals surface area contributed by atoms with Gasteiger partial charge in [-0.05, 0) is 23.4 Å². The van der Waals surface area contributed by atoms with E-state index >= 15 is 0 Å². The molecule has 1 aromatic carbocycles. The largest absolute Gasteiger partial charge is 0.310 e. The molecule has 7 heteroatoms. The van der Waals surface area contributed by atoms with E-state index in [9.17, 15) is 9.59 Å². The highest BCUT2D eigenvalue weighted by Gasteiger charge is 2.30. The molecule has 2 aromatic rings. The van der Waals surface area contributed by atoms with Crippen molar-refractivity contribution in [1.82, 2.24) is 9.97 Å². The van der Waals surface area contributed by atoms with Crippen LogP contribution in [0, 0.1) is 0 Å². The second kappa shape index (κ2) is 6.14. The molecular weight excluding hydrogens is 322 g/mol. The molecule has 22 heavy (non-hydrogen) atoms. The van der Waals surface area contributed by atoms with Gasteiger partial charge in [0.15, 0.2) is 5.16 Å². The Labute approximate surface area is 136 Å². The summed E-state index contributed by atoms with van der Waals surface area (Å²) in [6.07, 6.45) is 0.207. The van der Waals surface area contributed by atoms with E-state index in [0.717, 1.165) is 11.3 Å². The number of nitrogens with one attached hydrogen (secondary N) is 2. The number of amides is 1. The van der Waals surface area contributed by atoms with Crippen LogP contribution in [-0.4, -0.2) is 21.6 Å². The van der Waals surface area contributed by atoms with E-state index in [2.05, 4.69) is 15.3 Å². The molecule has 1 aliphatic heterocycles. The zero-order valence-corrected chi connectivity index (χ0v) is 13.4. The van der Waals surface area contributed by atoms with Crippen molar-refractivity contribution in [3.8, 4) is 0 Å².